The Bertz CT molecular complexity index is 1150. The van der Waals surface area contributed by atoms with Gasteiger partial charge < -0.3 is 10.2 Å². The number of rotatable bonds is 5. The molecule has 0 bridgehead atoms. The summed E-state index contributed by atoms with van der Waals surface area (Å²) in [4.78, 5) is 17.2. The molecule has 0 spiro atoms. The van der Waals surface area contributed by atoms with E-state index in [-0.39, 0.29) is 11.3 Å². The maximum atomic E-state index is 12.2. The average Bonchev–Trinajstić information content (AvgIpc) is 3.19. The lowest BCUT2D eigenvalue weighted by Crippen LogP contribution is -2.46. The van der Waals surface area contributed by atoms with Crippen LogP contribution in [0.3, 0.4) is 0 Å². The van der Waals surface area contributed by atoms with Crippen molar-refractivity contribution in [1.82, 2.24) is 9.27 Å². The number of fused-ring (bicyclic) bond motifs is 2. The van der Waals surface area contributed by atoms with E-state index < -0.39 is 0 Å². The lowest BCUT2D eigenvalue weighted by atomic mass is 9.77. The second-order valence-electron chi connectivity index (χ2n) is 9.53. The van der Waals surface area contributed by atoms with Crippen molar-refractivity contribution in [3.63, 3.8) is 0 Å². The molecule has 0 radical (unpaired) electrons. The lowest BCUT2D eigenvalue weighted by molar-refractivity contribution is -0.117. The van der Waals surface area contributed by atoms with Crippen molar-refractivity contribution in [2.45, 2.75) is 38.5 Å². The number of carbonyl (C=O) groups excluding carboxylic acids is 1. The molecule has 2 aromatic carbocycles. The second kappa shape index (κ2) is 8.65. The molecule has 7 heteroatoms. The average molecular weight is 469 g/mol. The van der Waals surface area contributed by atoms with Crippen molar-refractivity contribution in [2.75, 3.05) is 42.9 Å². The maximum Gasteiger partial charge on any atom is 0.225 e. The molecule has 1 fully saturated rings. The van der Waals surface area contributed by atoms with Gasteiger partial charge in [-0.3, -0.25) is 9.69 Å². The van der Waals surface area contributed by atoms with Gasteiger partial charge in [0, 0.05) is 54.1 Å². The van der Waals surface area contributed by atoms with Crippen LogP contribution in [0.15, 0.2) is 36.4 Å². The Balaban J connectivity index is 1.20. The SMILES string of the molecule is CC1(C)CC(=O)Nc2c(CCCN3CCN(c4nsc5ccccc45)CC3)cc(Cl)cc21. The number of nitrogens with zero attached hydrogens (tertiary/aromatic N) is 3. The molecule has 1 amide bonds. The van der Waals surface area contributed by atoms with Gasteiger partial charge >= 0.3 is 0 Å². The molecule has 0 saturated carbocycles. The van der Waals surface area contributed by atoms with Crippen molar-refractivity contribution in [3.05, 3.63) is 52.5 Å². The summed E-state index contributed by atoms with van der Waals surface area (Å²) >= 11 is 8.03. The highest BCUT2D eigenvalue weighted by atomic mass is 35.5. The van der Waals surface area contributed by atoms with Crippen LogP contribution in [0.25, 0.3) is 10.1 Å². The molecule has 1 saturated heterocycles. The minimum Gasteiger partial charge on any atom is -0.353 e. The summed E-state index contributed by atoms with van der Waals surface area (Å²) in [6.07, 6.45) is 2.46. The second-order valence-corrected chi connectivity index (χ2v) is 10.8. The van der Waals surface area contributed by atoms with E-state index in [2.05, 4.69) is 53.2 Å². The quantitative estimate of drug-likeness (QED) is 0.550. The van der Waals surface area contributed by atoms with E-state index in [0.29, 0.717) is 6.42 Å². The largest absolute Gasteiger partial charge is 0.353 e. The molecule has 168 valence electrons. The van der Waals surface area contributed by atoms with Crippen molar-refractivity contribution in [3.8, 4) is 0 Å². The number of amides is 1. The van der Waals surface area contributed by atoms with Crippen LogP contribution in [0.5, 0.6) is 0 Å². The van der Waals surface area contributed by atoms with Crippen LogP contribution in [0.1, 0.15) is 37.8 Å². The third kappa shape index (κ3) is 4.24. The zero-order valence-corrected chi connectivity index (χ0v) is 20.2. The number of halogens is 1. The zero-order valence-electron chi connectivity index (χ0n) is 18.7. The highest BCUT2D eigenvalue weighted by Gasteiger charge is 2.33. The first-order valence-corrected chi connectivity index (χ1v) is 12.5. The third-order valence-electron chi connectivity index (χ3n) is 6.73. The molecule has 2 aliphatic heterocycles. The molecule has 5 nitrogen and oxygen atoms in total. The standard InChI is InChI=1S/C25H29ClN4OS/c1-25(2)16-22(31)27-23-17(14-18(26)15-20(23)25)6-5-9-29-10-12-30(13-11-29)24-19-7-3-4-8-21(19)32-28-24/h3-4,7-8,14-15H,5-6,9-13,16H2,1-2H3,(H,27,31). The van der Waals surface area contributed by atoms with Crippen molar-refractivity contribution in [2.24, 2.45) is 0 Å². The topological polar surface area (TPSA) is 48.5 Å². The zero-order chi connectivity index (χ0) is 22.3. The number of nitrogens with one attached hydrogen (secondary N) is 1. The van der Waals surface area contributed by atoms with Crippen LogP contribution in [0.4, 0.5) is 11.5 Å². The molecule has 2 aliphatic rings. The van der Waals surface area contributed by atoms with Gasteiger partial charge in [-0.05, 0) is 66.3 Å². The summed E-state index contributed by atoms with van der Waals surface area (Å²) in [5.74, 6) is 1.23. The number of benzene rings is 2. The van der Waals surface area contributed by atoms with Crippen molar-refractivity contribution in [1.29, 1.82) is 0 Å². The molecule has 3 heterocycles. The van der Waals surface area contributed by atoms with E-state index in [4.69, 9.17) is 16.0 Å². The highest BCUT2D eigenvalue weighted by Crippen LogP contribution is 2.41. The monoisotopic (exact) mass is 468 g/mol. The normalized spacial score (nSPS) is 18.6. The Labute approximate surface area is 198 Å². The van der Waals surface area contributed by atoms with Crippen LogP contribution in [-0.4, -0.2) is 47.9 Å². The van der Waals surface area contributed by atoms with E-state index in [1.165, 1.54) is 10.1 Å². The highest BCUT2D eigenvalue weighted by molar-refractivity contribution is 7.13. The molecule has 32 heavy (non-hydrogen) atoms. The molecule has 0 unspecified atom stereocenters. The fraction of sp³-hybridized carbons (Fsp3) is 0.440. The van der Waals surface area contributed by atoms with Crippen molar-refractivity contribution < 1.29 is 4.79 Å². The van der Waals surface area contributed by atoms with E-state index >= 15 is 0 Å². The van der Waals surface area contributed by atoms with Gasteiger partial charge in [-0.2, -0.15) is 4.37 Å². The number of piperazine rings is 1. The van der Waals surface area contributed by atoms with Crippen LogP contribution in [0, 0.1) is 0 Å². The fourth-order valence-corrected chi connectivity index (χ4v) is 6.04. The number of hydrogen-bond acceptors (Lipinski definition) is 5. The number of aromatic nitrogens is 1. The first-order chi connectivity index (χ1) is 15.4. The fourth-order valence-electron chi connectivity index (χ4n) is 5.00. The van der Waals surface area contributed by atoms with Gasteiger partial charge in [0.1, 0.15) is 5.82 Å². The summed E-state index contributed by atoms with van der Waals surface area (Å²) in [7, 11) is 0. The van der Waals surface area contributed by atoms with Gasteiger partial charge in [0.05, 0.1) is 4.70 Å². The molecule has 0 aliphatic carbocycles. The number of aryl methyl sites for hydroxylation is 1. The minimum atomic E-state index is -0.187. The molecule has 1 aromatic heterocycles. The van der Waals surface area contributed by atoms with Gasteiger partial charge in [0.15, 0.2) is 0 Å². The summed E-state index contributed by atoms with van der Waals surface area (Å²) in [6, 6.07) is 12.5. The first-order valence-electron chi connectivity index (χ1n) is 11.4. The van der Waals surface area contributed by atoms with Gasteiger partial charge in [-0.15, -0.1) is 0 Å². The Hall–Kier alpha value is -2.15. The summed E-state index contributed by atoms with van der Waals surface area (Å²) in [6.45, 7) is 9.39. The molecule has 1 N–H and O–H groups in total. The van der Waals surface area contributed by atoms with E-state index in [0.717, 1.165) is 73.2 Å². The van der Waals surface area contributed by atoms with Crippen molar-refractivity contribution >= 4 is 50.6 Å². The summed E-state index contributed by atoms with van der Waals surface area (Å²) in [5.41, 5.74) is 3.11. The molecule has 5 rings (SSSR count). The number of hydrogen-bond donors (Lipinski definition) is 1. The molecule has 3 aromatic rings. The predicted octanol–water partition coefficient (Wildman–Crippen LogP) is 5.32. The predicted molar refractivity (Wildman–Crippen MR) is 134 cm³/mol. The molecule has 0 atom stereocenters. The minimum absolute atomic E-state index is 0.0942. The van der Waals surface area contributed by atoms with Crippen LogP contribution < -0.4 is 10.2 Å². The maximum absolute atomic E-state index is 12.2. The van der Waals surface area contributed by atoms with Gasteiger partial charge in [-0.1, -0.05) is 37.6 Å². The Kier molecular flexibility index (Phi) is 5.86. The van der Waals surface area contributed by atoms with E-state index in [9.17, 15) is 4.79 Å². The van der Waals surface area contributed by atoms with Crippen LogP contribution in [0.2, 0.25) is 5.02 Å². The smallest absolute Gasteiger partial charge is 0.225 e. The van der Waals surface area contributed by atoms with Crippen LogP contribution in [-0.2, 0) is 16.6 Å². The lowest BCUT2D eigenvalue weighted by Gasteiger charge is -2.35. The van der Waals surface area contributed by atoms with Crippen LogP contribution >= 0.6 is 23.1 Å². The summed E-state index contributed by atoms with van der Waals surface area (Å²) in [5, 5.41) is 5.13. The number of anilines is 2. The van der Waals surface area contributed by atoms with Gasteiger partial charge in [-0.25, -0.2) is 0 Å². The Morgan fingerprint density at radius 3 is 2.75 bits per heavy atom. The van der Waals surface area contributed by atoms with E-state index in [1.54, 1.807) is 11.5 Å². The third-order valence-corrected chi connectivity index (χ3v) is 7.77. The molecular weight excluding hydrogens is 440 g/mol. The Morgan fingerprint density at radius 2 is 1.94 bits per heavy atom. The molecular formula is C25H29ClN4OS. The Morgan fingerprint density at radius 1 is 1.16 bits per heavy atom. The van der Waals surface area contributed by atoms with Gasteiger partial charge in [0.25, 0.3) is 0 Å². The first kappa shape index (κ1) is 21.7. The van der Waals surface area contributed by atoms with E-state index in [1.807, 2.05) is 12.1 Å². The number of carbonyl (C=O) groups is 1. The van der Waals surface area contributed by atoms with Gasteiger partial charge in [0.2, 0.25) is 5.91 Å². The summed E-state index contributed by atoms with van der Waals surface area (Å²) < 4.78 is 5.97.